The molecule has 3 atom stereocenters. The minimum Gasteiger partial charge on any atom is -0.461 e. The molecule has 0 bridgehead atoms. The van der Waals surface area contributed by atoms with E-state index in [1.807, 2.05) is 18.5 Å². The van der Waals surface area contributed by atoms with Gasteiger partial charge in [-0.2, -0.15) is 5.10 Å². The van der Waals surface area contributed by atoms with Crippen LogP contribution in [0, 0.1) is 6.92 Å². The van der Waals surface area contributed by atoms with Gasteiger partial charge in [0.25, 0.3) is 0 Å². The third-order valence-electron chi connectivity index (χ3n) is 3.57. The van der Waals surface area contributed by atoms with Crippen molar-refractivity contribution < 1.29 is 9.53 Å². The van der Waals surface area contributed by atoms with Crippen LogP contribution < -0.4 is 5.32 Å². The topological polar surface area (TPSA) is 69.0 Å². The van der Waals surface area contributed by atoms with Crippen LogP contribution in [0.3, 0.4) is 0 Å². The summed E-state index contributed by atoms with van der Waals surface area (Å²) in [6.45, 7) is 4.62. The van der Waals surface area contributed by atoms with E-state index < -0.39 is 0 Å². The van der Waals surface area contributed by atoms with E-state index in [4.69, 9.17) is 4.74 Å². The van der Waals surface area contributed by atoms with Gasteiger partial charge in [0.15, 0.2) is 0 Å². The van der Waals surface area contributed by atoms with Crippen LogP contribution in [0.25, 0.3) is 0 Å². The van der Waals surface area contributed by atoms with Gasteiger partial charge in [0.1, 0.15) is 23.8 Å². The molecule has 1 aromatic rings. The Hall–Kier alpha value is -1.43. The Bertz CT molecular complexity index is 471. The highest BCUT2D eigenvalue weighted by atomic mass is 16.6. The van der Waals surface area contributed by atoms with E-state index in [1.165, 1.54) is 0 Å². The van der Waals surface area contributed by atoms with E-state index in [-0.39, 0.29) is 24.2 Å². The van der Waals surface area contributed by atoms with Gasteiger partial charge < -0.3 is 4.74 Å². The van der Waals surface area contributed by atoms with Gasteiger partial charge in [0, 0.05) is 18.9 Å². The Morgan fingerprint density at radius 2 is 2.33 bits per heavy atom. The van der Waals surface area contributed by atoms with Gasteiger partial charge in [-0.3, -0.25) is 10.1 Å². The SMILES string of the molecule is Cc1nc2n(n1)C[C@H](N[C@H]1C[C@@H](C)OC1=O)CC2. The second kappa shape index (κ2) is 4.35. The van der Waals surface area contributed by atoms with Crippen LogP contribution in [0.15, 0.2) is 0 Å². The molecule has 2 aliphatic rings. The zero-order valence-electron chi connectivity index (χ0n) is 10.7. The third kappa shape index (κ3) is 2.12. The number of fused-ring (bicyclic) bond motifs is 1. The van der Waals surface area contributed by atoms with Crippen molar-refractivity contribution >= 4 is 5.97 Å². The van der Waals surface area contributed by atoms with Crippen LogP contribution in [0.4, 0.5) is 0 Å². The quantitative estimate of drug-likeness (QED) is 0.759. The van der Waals surface area contributed by atoms with Gasteiger partial charge >= 0.3 is 5.97 Å². The van der Waals surface area contributed by atoms with Crippen LogP contribution in [0.2, 0.25) is 0 Å². The standard InChI is InChI=1S/C12H18N4O2/c1-7-5-10(12(17)18-7)14-9-3-4-11-13-8(2)15-16(11)6-9/h7,9-10,14H,3-6H2,1-2H3/t7-,9-,10+/m1/s1. The molecule has 1 fully saturated rings. The Kier molecular flexibility index (Phi) is 2.81. The Morgan fingerprint density at radius 1 is 1.50 bits per heavy atom. The first-order valence-corrected chi connectivity index (χ1v) is 6.48. The molecule has 0 aromatic carbocycles. The van der Waals surface area contributed by atoms with Crippen molar-refractivity contribution in [3.63, 3.8) is 0 Å². The molecule has 0 amide bonds. The summed E-state index contributed by atoms with van der Waals surface area (Å²) < 4.78 is 7.10. The number of aryl methyl sites for hydroxylation is 2. The first kappa shape index (κ1) is 11.6. The lowest BCUT2D eigenvalue weighted by molar-refractivity contribution is -0.142. The molecule has 2 aliphatic heterocycles. The lowest BCUT2D eigenvalue weighted by Gasteiger charge is -2.25. The zero-order valence-corrected chi connectivity index (χ0v) is 10.7. The van der Waals surface area contributed by atoms with E-state index >= 15 is 0 Å². The largest absolute Gasteiger partial charge is 0.461 e. The van der Waals surface area contributed by atoms with E-state index in [1.54, 1.807) is 0 Å². The highest BCUT2D eigenvalue weighted by Gasteiger charge is 2.34. The van der Waals surface area contributed by atoms with Gasteiger partial charge in [0.05, 0.1) is 6.54 Å². The Labute approximate surface area is 106 Å². The molecular weight excluding hydrogens is 232 g/mol. The van der Waals surface area contributed by atoms with Crippen LogP contribution in [0.1, 0.15) is 31.4 Å². The summed E-state index contributed by atoms with van der Waals surface area (Å²) in [7, 11) is 0. The number of hydrogen-bond acceptors (Lipinski definition) is 5. The van der Waals surface area contributed by atoms with Crippen LogP contribution in [-0.4, -0.2) is 38.9 Å². The second-order valence-electron chi connectivity index (χ2n) is 5.20. The van der Waals surface area contributed by atoms with Gasteiger partial charge in [0.2, 0.25) is 0 Å². The van der Waals surface area contributed by atoms with E-state index in [9.17, 15) is 4.79 Å². The molecule has 6 heteroatoms. The number of nitrogens with zero attached hydrogens (tertiary/aromatic N) is 3. The Balaban J connectivity index is 1.64. The van der Waals surface area contributed by atoms with Crippen molar-refractivity contribution in [2.45, 2.75) is 57.8 Å². The van der Waals surface area contributed by atoms with Crippen LogP contribution in [-0.2, 0) is 22.5 Å². The maximum absolute atomic E-state index is 11.6. The highest BCUT2D eigenvalue weighted by molar-refractivity contribution is 5.77. The normalized spacial score (nSPS) is 31.2. The molecule has 6 nitrogen and oxygen atoms in total. The number of hydrogen-bond donors (Lipinski definition) is 1. The summed E-state index contributed by atoms with van der Waals surface area (Å²) in [5.74, 6) is 1.75. The average molecular weight is 250 g/mol. The van der Waals surface area contributed by atoms with Gasteiger partial charge in [-0.05, 0) is 20.3 Å². The molecule has 0 aliphatic carbocycles. The zero-order chi connectivity index (χ0) is 12.7. The predicted molar refractivity (Wildman–Crippen MR) is 64.0 cm³/mol. The molecule has 3 heterocycles. The van der Waals surface area contributed by atoms with E-state index in [0.29, 0.717) is 0 Å². The molecule has 0 spiro atoms. The van der Waals surface area contributed by atoms with Crippen molar-refractivity contribution in [3.05, 3.63) is 11.6 Å². The van der Waals surface area contributed by atoms with Crippen molar-refractivity contribution in [1.29, 1.82) is 0 Å². The molecular formula is C12H18N4O2. The first-order chi connectivity index (χ1) is 8.61. The molecule has 1 aromatic heterocycles. The second-order valence-corrected chi connectivity index (χ2v) is 5.20. The maximum Gasteiger partial charge on any atom is 0.323 e. The number of ether oxygens (including phenoxy) is 1. The highest BCUT2D eigenvalue weighted by Crippen LogP contribution is 2.18. The maximum atomic E-state index is 11.6. The summed E-state index contributed by atoms with van der Waals surface area (Å²) in [6.07, 6.45) is 2.70. The summed E-state index contributed by atoms with van der Waals surface area (Å²) in [4.78, 5) is 16.0. The average Bonchev–Trinajstić information content (AvgIpc) is 2.80. The van der Waals surface area contributed by atoms with Crippen molar-refractivity contribution in [3.8, 4) is 0 Å². The summed E-state index contributed by atoms with van der Waals surface area (Å²) in [5.41, 5.74) is 0. The number of carbonyl (C=O) groups is 1. The fraction of sp³-hybridized carbons (Fsp3) is 0.750. The monoisotopic (exact) mass is 250 g/mol. The molecule has 1 saturated heterocycles. The lowest BCUT2D eigenvalue weighted by Crippen LogP contribution is -2.45. The van der Waals surface area contributed by atoms with Crippen LogP contribution in [0.5, 0.6) is 0 Å². The first-order valence-electron chi connectivity index (χ1n) is 6.48. The number of esters is 1. The summed E-state index contributed by atoms with van der Waals surface area (Å²) in [6, 6.07) is 0.123. The molecule has 98 valence electrons. The fourth-order valence-electron chi connectivity index (χ4n) is 2.75. The van der Waals surface area contributed by atoms with Gasteiger partial charge in [-0.1, -0.05) is 0 Å². The number of carbonyl (C=O) groups excluding carboxylic acids is 1. The number of aromatic nitrogens is 3. The molecule has 0 saturated carbocycles. The van der Waals surface area contributed by atoms with Crippen molar-refractivity contribution in [2.24, 2.45) is 0 Å². The summed E-state index contributed by atoms with van der Waals surface area (Å²) in [5, 5.41) is 7.74. The molecule has 3 rings (SSSR count). The predicted octanol–water partition coefficient (Wildman–Crippen LogP) is 0.195. The van der Waals surface area contributed by atoms with Crippen molar-refractivity contribution in [1.82, 2.24) is 20.1 Å². The molecule has 0 unspecified atom stereocenters. The molecule has 1 N–H and O–H groups in total. The lowest BCUT2D eigenvalue weighted by atomic mass is 10.1. The number of rotatable bonds is 2. The minimum atomic E-state index is -0.156. The molecule has 0 radical (unpaired) electrons. The van der Waals surface area contributed by atoms with E-state index in [2.05, 4.69) is 15.4 Å². The smallest absolute Gasteiger partial charge is 0.323 e. The van der Waals surface area contributed by atoms with Gasteiger partial charge in [-0.25, -0.2) is 9.67 Å². The van der Waals surface area contributed by atoms with Gasteiger partial charge in [-0.15, -0.1) is 0 Å². The van der Waals surface area contributed by atoms with Crippen molar-refractivity contribution in [2.75, 3.05) is 0 Å². The molecule has 18 heavy (non-hydrogen) atoms. The number of nitrogens with one attached hydrogen (secondary N) is 1. The van der Waals surface area contributed by atoms with E-state index in [0.717, 1.165) is 37.5 Å². The minimum absolute atomic E-state index is 0.0303. The van der Waals surface area contributed by atoms with Crippen LogP contribution >= 0.6 is 0 Å². The summed E-state index contributed by atoms with van der Waals surface area (Å²) >= 11 is 0. The number of cyclic esters (lactones) is 1. The third-order valence-corrected chi connectivity index (χ3v) is 3.57. The fourth-order valence-corrected chi connectivity index (χ4v) is 2.75. The Morgan fingerprint density at radius 3 is 3.06 bits per heavy atom.